The molecule has 1 saturated heterocycles. The van der Waals surface area contributed by atoms with Gasteiger partial charge in [0.1, 0.15) is 0 Å². The molecule has 0 aromatic rings. The van der Waals surface area contributed by atoms with Crippen molar-refractivity contribution in [3.05, 3.63) is 0 Å². The summed E-state index contributed by atoms with van der Waals surface area (Å²) in [5.74, 6) is 0.141. The third kappa shape index (κ3) is 5.49. The van der Waals surface area contributed by atoms with Gasteiger partial charge in [0.15, 0.2) is 0 Å². The molecule has 0 aliphatic carbocycles. The van der Waals surface area contributed by atoms with Gasteiger partial charge in [0.2, 0.25) is 0 Å². The van der Waals surface area contributed by atoms with Crippen LogP contribution < -0.4 is 0 Å². The van der Waals surface area contributed by atoms with Gasteiger partial charge in [-0.05, 0) is 20.5 Å². The molecule has 1 aliphatic rings. The molecule has 1 fully saturated rings. The predicted octanol–water partition coefficient (Wildman–Crippen LogP) is 0.715. The van der Waals surface area contributed by atoms with Crippen LogP contribution >= 0.6 is 0 Å². The van der Waals surface area contributed by atoms with Crippen molar-refractivity contribution < 1.29 is 0 Å². The van der Waals surface area contributed by atoms with E-state index < -0.39 is 0 Å². The fourth-order valence-electron chi connectivity index (χ4n) is 2.16. The third-order valence-corrected chi connectivity index (χ3v) is 3.53. The van der Waals surface area contributed by atoms with Crippen molar-refractivity contribution in [2.45, 2.75) is 13.8 Å². The Hall–Kier alpha value is -0.630. The van der Waals surface area contributed by atoms with Crippen molar-refractivity contribution in [2.75, 3.05) is 59.4 Å². The molecular formula is C13H26N4. The van der Waals surface area contributed by atoms with E-state index in [2.05, 4.69) is 34.7 Å². The van der Waals surface area contributed by atoms with Crippen molar-refractivity contribution >= 4 is 0 Å². The Bertz CT molecular complexity index is 240. The SMILES string of the molecule is CCN(CCN1CCN(C)CC1)CC(C)C#N. The quantitative estimate of drug-likeness (QED) is 0.682. The molecule has 0 N–H and O–H groups in total. The second-order valence-electron chi connectivity index (χ2n) is 5.07. The fourth-order valence-corrected chi connectivity index (χ4v) is 2.16. The molecule has 1 atom stereocenters. The zero-order valence-electron chi connectivity index (χ0n) is 11.5. The lowest BCUT2D eigenvalue weighted by Crippen LogP contribution is -2.47. The third-order valence-electron chi connectivity index (χ3n) is 3.53. The fraction of sp³-hybridized carbons (Fsp3) is 0.923. The predicted molar refractivity (Wildman–Crippen MR) is 70.8 cm³/mol. The molecule has 0 amide bonds. The van der Waals surface area contributed by atoms with E-state index in [4.69, 9.17) is 5.26 Å². The first kappa shape index (κ1) is 14.4. The molecule has 0 saturated carbocycles. The van der Waals surface area contributed by atoms with Crippen LogP contribution in [-0.2, 0) is 0 Å². The lowest BCUT2D eigenvalue weighted by Gasteiger charge is -2.34. The Morgan fingerprint density at radius 1 is 1.29 bits per heavy atom. The summed E-state index contributed by atoms with van der Waals surface area (Å²) < 4.78 is 0. The first-order valence-corrected chi connectivity index (χ1v) is 6.68. The van der Waals surface area contributed by atoms with E-state index in [0.717, 1.165) is 26.2 Å². The van der Waals surface area contributed by atoms with Crippen LogP contribution in [0.2, 0.25) is 0 Å². The number of nitrogens with zero attached hydrogens (tertiary/aromatic N) is 4. The zero-order valence-corrected chi connectivity index (χ0v) is 11.5. The minimum absolute atomic E-state index is 0.141. The van der Waals surface area contributed by atoms with Crippen LogP contribution in [-0.4, -0.2) is 74.1 Å². The average molecular weight is 238 g/mol. The van der Waals surface area contributed by atoms with E-state index in [-0.39, 0.29) is 5.92 Å². The topological polar surface area (TPSA) is 33.5 Å². The Labute approximate surface area is 106 Å². The maximum atomic E-state index is 8.83. The normalized spacial score (nSPS) is 20.4. The highest BCUT2D eigenvalue weighted by atomic mass is 15.3. The summed E-state index contributed by atoms with van der Waals surface area (Å²) in [5.41, 5.74) is 0. The molecule has 0 spiro atoms. The van der Waals surface area contributed by atoms with Crippen LogP contribution in [0.3, 0.4) is 0 Å². The number of piperazine rings is 1. The zero-order chi connectivity index (χ0) is 12.7. The van der Waals surface area contributed by atoms with Gasteiger partial charge >= 0.3 is 0 Å². The molecule has 17 heavy (non-hydrogen) atoms. The van der Waals surface area contributed by atoms with E-state index in [9.17, 15) is 0 Å². The van der Waals surface area contributed by atoms with Crippen molar-refractivity contribution in [2.24, 2.45) is 5.92 Å². The van der Waals surface area contributed by atoms with Gasteiger partial charge in [-0.15, -0.1) is 0 Å². The molecular weight excluding hydrogens is 212 g/mol. The first-order valence-electron chi connectivity index (χ1n) is 6.68. The van der Waals surface area contributed by atoms with Crippen LogP contribution in [0, 0.1) is 17.2 Å². The largest absolute Gasteiger partial charge is 0.304 e. The van der Waals surface area contributed by atoms with Gasteiger partial charge in [-0.1, -0.05) is 6.92 Å². The van der Waals surface area contributed by atoms with Crippen LogP contribution in [0.1, 0.15) is 13.8 Å². The highest BCUT2D eigenvalue weighted by Crippen LogP contribution is 2.02. The summed E-state index contributed by atoms with van der Waals surface area (Å²) in [4.78, 5) is 7.29. The summed E-state index contributed by atoms with van der Waals surface area (Å²) in [7, 11) is 2.18. The molecule has 1 aliphatic heterocycles. The van der Waals surface area contributed by atoms with Gasteiger partial charge in [-0.2, -0.15) is 5.26 Å². The summed E-state index contributed by atoms with van der Waals surface area (Å²) in [6.45, 7) is 13.1. The van der Waals surface area contributed by atoms with E-state index in [1.165, 1.54) is 26.2 Å². The van der Waals surface area contributed by atoms with Crippen molar-refractivity contribution in [3.8, 4) is 6.07 Å². The Kier molecular flexibility index (Phi) is 6.49. The molecule has 98 valence electrons. The number of hydrogen-bond donors (Lipinski definition) is 0. The van der Waals surface area contributed by atoms with Gasteiger partial charge in [0.05, 0.1) is 12.0 Å². The van der Waals surface area contributed by atoms with Gasteiger partial charge in [-0.3, -0.25) is 4.90 Å². The maximum absolute atomic E-state index is 8.83. The molecule has 1 rings (SSSR count). The monoisotopic (exact) mass is 238 g/mol. The highest BCUT2D eigenvalue weighted by Gasteiger charge is 2.15. The first-order chi connectivity index (χ1) is 8.15. The molecule has 1 unspecified atom stereocenters. The molecule has 0 radical (unpaired) electrons. The second kappa shape index (κ2) is 7.65. The van der Waals surface area contributed by atoms with Crippen LogP contribution in [0.25, 0.3) is 0 Å². The van der Waals surface area contributed by atoms with Crippen molar-refractivity contribution in [3.63, 3.8) is 0 Å². The second-order valence-corrected chi connectivity index (χ2v) is 5.07. The van der Waals surface area contributed by atoms with Crippen molar-refractivity contribution in [1.82, 2.24) is 14.7 Å². The Morgan fingerprint density at radius 3 is 2.47 bits per heavy atom. The lowest BCUT2D eigenvalue weighted by atomic mass is 10.2. The lowest BCUT2D eigenvalue weighted by molar-refractivity contribution is 0.134. The minimum atomic E-state index is 0.141. The van der Waals surface area contributed by atoms with Crippen LogP contribution in [0.5, 0.6) is 0 Å². The van der Waals surface area contributed by atoms with E-state index >= 15 is 0 Å². The van der Waals surface area contributed by atoms with E-state index in [1.807, 2.05) is 6.92 Å². The van der Waals surface area contributed by atoms with Gasteiger partial charge < -0.3 is 9.80 Å². The van der Waals surface area contributed by atoms with E-state index in [0.29, 0.717) is 0 Å². The summed E-state index contributed by atoms with van der Waals surface area (Å²) >= 11 is 0. The smallest absolute Gasteiger partial charge is 0.0666 e. The highest BCUT2D eigenvalue weighted by molar-refractivity contribution is 4.81. The number of hydrogen-bond acceptors (Lipinski definition) is 4. The average Bonchev–Trinajstić information content (AvgIpc) is 2.36. The van der Waals surface area contributed by atoms with Gasteiger partial charge in [0.25, 0.3) is 0 Å². The molecule has 0 aromatic heterocycles. The Balaban J connectivity index is 2.21. The molecule has 4 heteroatoms. The van der Waals surface area contributed by atoms with Crippen LogP contribution in [0.4, 0.5) is 0 Å². The summed E-state index contributed by atoms with van der Waals surface area (Å²) in [6.07, 6.45) is 0. The standard InChI is InChI=1S/C13H26N4/c1-4-16(12-13(2)11-14)9-10-17-7-5-15(3)6-8-17/h13H,4-10,12H2,1-3H3. The van der Waals surface area contributed by atoms with E-state index in [1.54, 1.807) is 0 Å². The minimum Gasteiger partial charge on any atom is -0.304 e. The summed E-state index contributed by atoms with van der Waals surface area (Å²) in [6, 6.07) is 2.31. The number of nitriles is 1. The number of likely N-dealkylation sites (N-methyl/N-ethyl adjacent to an activating group) is 2. The number of rotatable bonds is 6. The van der Waals surface area contributed by atoms with Crippen molar-refractivity contribution in [1.29, 1.82) is 5.26 Å². The molecule has 0 aromatic carbocycles. The van der Waals surface area contributed by atoms with Gasteiger partial charge in [-0.25, -0.2) is 0 Å². The Morgan fingerprint density at radius 2 is 1.94 bits per heavy atom. The molecule has 0 bridgehead atoms. The summed E-state index contributed by atoms with van der Waals surface area (Å²) in [5, 5.41) is 8.83. The van der Waals surface area contributed by atoms with Crippen LogP contribution in [0.15, 0.2) is 0 Å². The molecule has 1 heterocycles. The molecule has 4 nitrogen and oxygen atoms in total. The van der Waals surface area contributed by atoms with Gasteiger partial charge in [0, 0.05) is 45.8 Å². The maximum Gasteiger partial charge on any atom is 0.0666 e.